The average molecular weight is 356 g/mol. The van der Waals surface area contributed by atoms with Crippen LogP contribution in [0.5, 0.6) is 23.0 Å². The van der Waals surface area contributed by atoms with Crippen LogP contribution in [0.15, 0.2) is 24.3 Å². The maximum absolute atomic E-state index is 10.4. The van der Waals surface area contributed by atoms with Gasteiger partial charge in [-0.3, -0.25) is 0 Å². The van der Waals surface area contributed by atoms with E-state index in [1.54, 1.807) is 18.2 Å². The molecule has 0 bridgehead atoms. The molecule has 0 unspecified atom stereocenters. The molecule has 5 heteroatoms. The standard InChI is InChI=1S/C21H24O5/c1-10-12(3)25-19-9-16(13-5-6-14(22)17(7-13)24-4)26-18-8-15(23)11(2)20(10)21(18)19/h5-8,10,12,16,19,22-23H,9H2,1-4H3/t10-,12-,16-,19-/m1/s1. The minimum Gasteiger partial charge on any atom is -0.508 e. The number of ether oxygens (including phenoxy) is 3. The summed E-state index contributed by atoms with van der Waals surface area (Å²) in [6.07, 6.45) is 0.422. The molecule has 4 atom stereocenters. The lowest BCUT2D eigenvalue weighted by atomic mass is 9.80. The van der Waals surface area contributed by atoms with E-state index in [9.17, 15) is 10.2 Å². The highest BCUT2D eigenvalue weighted by atomic mass is 16.5. The topological polar surface area (TPSA) is 68.2 Å². The molecular formula is C21H24O5. The van der Waals surface area contributed by atoms with Crippen molar-refractivity contribution in [3.8, 4) is 23.0 Å². The van der Waals surface area contributed by atoms with Crippen LogP contribution >= 0.6 is 0 Å². The van der Waals surface area contributed by atoms with E-state index < -0.39 is 0 Å². The van der Waals surface area contributed by atoms with Crippen molar-refractivity contribution >= 4 is 0 Å². The van der Waals surface area contributed by atoms with Crippen LogP contribution in [0, 0.1) is 6.92 Å². The number of phenolic OH excluding ortho intramolecular Hbond substituents is 2. The fourth-order valence-electron chi connectivity index (χ4n) is 4.15. The molecule has 138 valence electrons. The molecule has 2 aromatic carbocycles. The number of benzene rings is 2. The fraction of sp³-hybridized carbons (Fsp3) is 0.429. The lowest BCUT2D eigenvalue weighted by molar-refractivity contribution is -0.0622. The Hall–Kier alpha value is -2.40. The second kappa shape index (κ2) is 6.09. The van der Waals surface area contributed by atoms with Crippen LogP contribution in [0.2, 0.25) is 0 Å². The molecule has 0 saturated carbocycles. The summed E-state index contributed by atoms with van der Waals surface area (Å²) in [6.45, 7) is 6.15. The molecule has 5 nitrogen and oxygen atoms in total. The Labute approximate surface area is 153 Å². The minimum atomic E-state index is -0.238. The van der Waals surface area contributed by atoms with E-state index in [0.29, 0.717) is 17.9 Å². The number of phenols is 2. The van der Waals surface area contributed by atoms with Crippen LogP contribution in [0.25, 0.3) is 0 Å². The summed E-state index contributed by atoms with van der Waals surface area (Å²) < 4.78 is 17.8. The van der Waals surface area contributed by atoms with Crippen LogP contribution < -0.4 is 9.47 Å². The molecule has 0 saturated heterocycles. The van der Waals surface area contributed by atoms with E-state index in [1.807, 2.05) is 13.0 Å². The van der Waals surface area contributed by atoms with Gasteiger partial charge in [0.05, 0.1) is 19.3 Å². The van der Waals surface area contributed by atoms with Gasteiger partial charge >= 0.3 is 0 Å². The first kappa shape index (κ1) is 17.0. The van der Waals surface area contributed by atoms with Crippen LogP contribution in [-0.2, 0) is 4.74 Å². The van der Waals surface area contributed by atoms with Crippen molar-refractivity contribution in [2.75, 3.05) is 7.11 Å². The molecule has 2 N–H and O–H groups in total. The summed E-state index contributed by atoms with van der Waals surface area (Å²) in [5, 5.41) is 20.2. The van der Waals surface area contributed by atoms with E-state index in [1.165, 1.54) is 7.11 Å². The molecular weight excluding hydrogens is 332 g/mol. The Morgan fingerprint density at radius 1 is 1.04 bits per heavy atom. The molecule has 2 aliphatic rings. The normalized spacial score (nSPS) is 26.8. The van der Waals surface area contributed by atoms with E-state index in [-0.39, 0.29) is 35.7 Å². The maximum atomic E-state index is 10.4. The molecule has 2 aliphatic heterocycles. The molecule has 0 aliphatic carbocycles. The summed E-state index contributed by atoms with van der Waals surface area (Å²) >= 11 is 0. The fourth-order valence-corrected chi connectivity index (χ4v) is 4.15. The Kier molecular flexibility index (Phi) is 3.99. The van der Waals surface area contributed by atoms with Crippen LogP contribution in [0.3, 0.4) is 0 Å². The minimum absolute atomic E-state index is 0.0638. The summed E-state index contributed by atoms with van der Waals surface area (Å²) in [6, 6.07) is 6.92. The van der Waals surface area contributed by atoms with Gasteiger partial charge in [-0.05, 0) is 42.7 Å². The van der Waals surface area contributed by atoms with Crippen LogP contribution in [-0.4, -0.2) is 23.4 Å². The lowest BCUT2D eigenvalue weighted by Crippen LogP contribution is -2.32. The third kappa shape index (κ3) is 2.50. The van der Waals surface area contributed by atoms with E-state index in [0.717, 1.165) is 22.3 Å². The molecule has 0 fully saturated rings. The number of aromatic hydroxyl groups is 2. The predicted octanol–water partition coefficient (Wildman–Crippen LogP) is 4.50. The zero-order chi connectivity index (χ0) is 18.6. The van der Waals surface area contributed by atoms with Gasteiger partial charge in [-0.25, -0.2) is 0 Å². The summed E-state index contributed by atoms with van der Waals surface area (Å²) in [5.74, 6) is 1.63. The Balaban J connectivity index is 1.80. The van der Waals surface area contributed by atoms with Gasteiger partial charge in [0.1, 0.15) is 17.6 Å². The maximum Gasteiger partial charge on any atom is 0.160 e. The monoisotopic (exact) mass is 356 g/mol. The van der Waals surface area contributed by atoms with Gasteiger partial charge in [-0.1, -0.05) is 13.0 Å². The molecule has 26 heavy (non-hydrogen) atoms. The summed E-state index contributed by atoms with van der Waals surface area (Å²) in [5.41, 5.74) is 4.02. The predicted molar refractivity (Wildman–Crippen MR) is 97.2 cm³/mol. The lowest BCUT2D eigenvalue weighted by Gasteiger charge is -2.42. The van der Waals surface area contributed by atoms with Crippen molar-refractivity contribution < 1.29 is 24.4 Å². The number of rotatable bonds is 2. The summed E-state index contributed by atoms with van der Waals surface area (Å²) in [4.78, 5) is 0. The average Bonchev–Trinajstić information content (AvgIpc) is 2.62. The van der Waals surface area contributed by atoms with Gasteiger partial charge in [0.2, 0.25) is 0 Å². The van der Waals surface area contributed by atoms with Gasteiger partial charge in [0, 0.05) is 24.0 Å². The number of hydrogen-bond donors (Lipinski definition) is 2. The highest BCUT2D eigenvalue weighted by molar-refractivity contribution is 5.56. The molecule has 0 radical (unpaired) electrons. The smallest absolute Gasteiger partial charge is 0.160 e. The van der Waals surface area contributed by atoms with Gasteiger partial charge in [0.25, 0.3) is 0 Å². The molecule has 2 heterocycles. The van der Waals surface area contributed by atoms with Gasteiger partial charge in [0.15, 0.2) is 11.5 Å². The zero-order valence-corrected chi connectivity index (χ0v) is 15.4. The molecule has 4 rings (SSSR count). The van der Waals surface area contributed by atoms with Crippen LogP contribution in [0.1, 0.15) is 60.6 Å². The van der Waals surface area contributed by atoms with Crippen molar-refractivity contribution in [1.82, 2.24) is 0 Å². The van der Waals surface area contributed by atoms with E-state index in [2.05, 4.69) is 13.8 Å². The molecule has 0 amide bonds. The van der Waals surface area contributed by atoms with E-state index >= 15 is 0 Å². The second-order valence-corrected chi connectivity index (χ2v) is 7.24. The highest BCUT2D eigenvalue weighted by Crippen LogP contribution is 2.53. The van der Waals surface area contributed by atoms with Gasteiger partial charge in [-0.2, -0.15) is 0 Å². The Morgan fingerprint density at radius 2 is 1.81 bits per heavy atom. The molecule has 0 aromatic heterocycles. The zero-order valence-electron chi connectivity index (χ0n) is 15.4. The third-order valence-corrected chi connectivity index (χ3v) is 5.74. The largest absolute Gasteiger partial charge is 0.508 e. The first-order valence-electron chi connectivity index (χ1n) is 8.96. The van der Waals surface area contributed by atoms with Gasteiger partial charge in [-0.15, -0.1) is 0 Å². The molecule has 0 spiro atoms. The Morgan fingerprint density at radius 3 is 2.54 bits per heavy atom. The third-order valence-electron chi connectivity index (χ3n) is 5.74. The van der Waals surface area contributed by atoms with Gasteiger partial charge < -0.3 is 24.4 Å². The van der Waals surface area contributed by atoms with Crippen molar-refractivity contribution in [3.05, 3.63) is 46.5 Å². The number of methoxy groups -OCH3 is 1. The van der Waals surface area contributed by atoms with Crippen molar-refractivity contribution in [1.29, 1.82) is 0 Å². The first-order valence-corrected chi connectivity index (χ1v) is 8.96. The van der Waals surface area contributed by atoms with Crippen molar-refractivity contribution in [2.45, 2.75) is 51.4 Å². The van der Waals surface area contributed by atoms with Crippen LogP contribution in [0.4, 0.5) is 0 Å². The SMILES string of the molecule is COc1cc([C@H]2C[C@H]3O[C@H](C)[C@@H](C)c4c(C)c(O)cc(c43)O2)ccc1O. The molecule has 2 aromatic rings. The number of hydrogen-bond acceptors (Lipinski definition) is 5. The van der Waals surface area contributed by atoms with Crippen molar-refractivity contribution in [2.24, 2.45) is 0 Å². The highest BCUT2D eigenvalue weighted by Gasteiger charge is 2.40. The Bertz CT molecular complexity index is 860. The quantitative estimate of drug-likeness (QED) is 0.829. The van der Waals surface area contributed by atoms with Crippen molar-refractivity contribution in [3.63, 3.8) is 0 Å². The van der Waals surface area contributed by atoms with E-state index in [4.69, 9.17) is 14.2 Å². The summed E-state index contributed by atoms with van der Waals surface area (Å²) in [7, 11) is 1.52. The second-order valence-electron chi connectivity index (χ2n) is 7.24. The first-order chi connectivity index (χ1) is 12.4.